The number of allylic oxidation sites excluding steroid dienone is 3. The van der Waals surface area contributed by atoms with Crippen LogP contribution in [0, 0.1) is 0 Å². The molecule has 1 aliphatic rings. The van der Waals surface area contributed by atoms with Crippen LogP contribution >= 0.6 is 0 Å². The van der Waals surface area contributed by atoms with Crippen molar-refractivity contribution >= 4 is 5.91 Å². The van der Waals surface area contributed by atoms with Gasteiger partial charge in [-0.25, -0.2) is 0 Å². The zero-order chi connectivity index (χ0) is 18.9. The van der Waals surface area contributed by atoms with Gasteiger partial charge in [-0.05, 0) is 52.2 Å². The highest BCUT2D eigenvalue weighted by Crippen LogP contribution is 2.13. The number of likely N-dealkylation sites (tertiary alicyclic amines) is 1. The number of rotatable bonds is 7. The third-order valence-corrected chi connectivity index (χ3v) is 4.67. The quantitative estimate of drug-likeness (QED) is 0.737. The van der Waals surface area contributed by atoms with Gasteiger partial charge in [-0.1, -0.05) is 29.4 Å². The Balaban J connectivity index is 1.77. The molecule has 0 spiro atoms. The normalized spacial score (nSPS) is 21.3. The second-order valence-electron chi connectivity index (χ2n) is 7.28. The Morgan fingerprint density at radius 1 is 1.35 bits per heavy atom. The maximum Gasteiger partial charge on any atom is 0.270 e. The van der Waals surface area contributed by atoms with Crippen LogP contribution in [0.15, 0.2) is 47.7 Å². The SMILES string of the molecule is CC(C)=CCCC(C)=CCN1CC[C@@H](NC(=O)c2ccccn2)[C@H](O)C1. The van der Waals surface area contributed by atoms with E-state index in [-0.39, 0.29) is 11.9 Å². The van der Waals surface area contributed by atoms with Crippen molar-refractivity contribution in [3.63, 3.8) is 0 Å². The Morgan fingerprint density at radius 3 is 2.81 bits per heavy atom. The fourth-order valence-corrected chi connectivity index (χ4v) is 3.05. The van der Waals surface area contributed by atoms with Gasteiger partial charge in [-0.3, -0.25) is 14.7 Å². The molecule has 1 aromatic rings. The summed E-state index contributed by atoms with van der Waals surface area (Å²) in [5.74, 6) is -0.224. The monoisotopic (exact) mass is 357 g/mol. The number of aromatic nitrogens is 1. The van der Waals surface area contributed by atoms with Gasteiger partial charge in [0.1, 0.15) is 5.69 Å². The first-order valence-electron chi connectivity index (χ1n) is 9.37. The van der Waals surface area contributed by atoms with Crippen LogP contribution in [0.2, 0.25) is 0 Å². The molecule has 2 heterocycles. The molecule has 5 heteroatoms. The maximum atomic E-state index is 12.2. The summed E-state index contributed by atoms with van der Waals surface area (Å²) in [6.07, 6.45) is 8.44. The van der Waals surface area contributed by atoms with Crippen LogP contribution in [0.25, 0.3) is 0 Å². The van der Waals surface area contributed by atoms with Gasteiger partial charge >= 0.3 is 0 Å². The Hall–Kier alpha value is -1.98. The van der Waals surface area contributed by atoms with Gasteiger partial charge in [0.25, 0.3) is 5.91 Å². The Bertz CT molecular complexity index is 636. The van der Waals surface area contributed by atoms with Crippen molar-refractivity contribution < 1.29 is 9.90 Å². The lowest BCUT2D eigenvalue weighted by Crippen LogP contribution is -2.54. The lowest BCUT2D eigenvalue weighted by atomic mass is 10.0. The fourth-order valence-electron chi connectivity index (χ4n) is 3.05. The molecule has 5 nitrogen and oxygen atoms in total. The third-order valence-electron chi connectivity index (χ3n) is 4.67. The molecule has 0 bridgehead atoms. The number of carbonyl (C=O) groups is 1. The van der Waals surface area contributed by atoms with Gasteiger partial charge in [0.2, 0.25) is 0 Å². The minimum atomic E-state index is -0.559. The van der Waals surface area contributed by atoms with E-state index in [1.807, 2.05) is 0 Å². The van der Waals surface area contributed by atoms with Crippen LogP contribution in [0.5, 0.6) is 0 Å². The highest BCUT2D eigenvalue weighted by Gasteiger charge is 2.28. The minimum absolute atomic E-state index is 0.219. The third kappa shape index (κ3) is 6.73. The predicted molar refractivity (Wildman–Crippen MR) is 105 cm³/mol. The van der Waals surface area contributed by atoms with Gasteiger partial charge in [-0.2, -0.15) is 0 Å². The van der Waals surface area contributed by atoms with Crippen molar-refractivity contribution in [1.82, 2.24) is 15.2 Å². The standard InChI is InChI=1S/C21H31N3O2/c1-16(2)7-6-8-17(3)10-13-24-14-11-18(20(25)15-24)23-21(26)19-9-4-5-12-22-19/h4-5,7,9-10,12,18,20,25H,6,8,11,13-15H2,1-3H3,(H,23,26)/t18-,20-/m1/s1. The molecule has 1 aromatic heterocycles. The molecule has 142 valence electrons. The molecule has 1 aliphatic heterocycles. The molecular weight excluding hydrogens is 326 g/mol. The largest absolute Gasteiger partial charge is 0.390 e. The van der Waals surface area contributed by atoms with Crippen molar-refractivity contribution in [3.05, 3.63) is 53.4 Å². The second kappa shape index (κ2) is 10.2. The number of aliphatic hydroxyl groups is 1. The van der Waals surface area contributed by atoms with Crippen LogP contribution in [0.3, 0.4) is 0 Å². The lowest BCUT2D eigenvalue weighted by Gasteiger charge is -2.35. The number of hydrogen-bond acceptors (Lipinski definition) is 4. The number of piperidine rings is 1. The molecule has 1 fully saturated rings. The van der Waals surface area contributed by atoms with E-state index in [9.17, 15) is 9.90 Å². The molecule has 2 rings (SSSR count). The molecule has 2 N–H and O–H groups in total. The van der Waals surface area contributed by atoms with Crippen molar-refractivity contribution in [2.45, 2.75) is 52.2 Å². The molecule has 2 atom stereocenters. The second-order valence-corrected chi connectivity index (χ2v) is 7.28. The Labute approximate surface area is 156 Å². The molecule has 0 radical (unpaired) electrons. The Kier molecular flexibility index (Phi) is 8.01. The number of carbonyl (C=O) groups excluding carboxylic acids is 1. The van der Waals surface area contributed by atoms with Crippen LogP contribution in [-0.2, 0) is 0 Å². The fraction of sp³-hybridized carbons (Fsp3) is 0.524. The number of aliphatic hydroxyl groups excluding tert-OH is 1. The topological polar surface area (TPSA) is 65.5 Å². The first-order chi connectivity index (χ1) is 12.5. The number of β-amino-alcohol motifs (C(OH)–C–C–N with tert-alkyl or cyclic N) is 1. The summed E-state index contributed by atoms with van der Waals surface area (Å²) in [6, 6.07) is 5.02. The minimum Gasteiger partial charge on any atom is -0.390 e. The van der Waals surface area contributed by atoms with Gasteiger partial charge in [0.15, 0.2) is 0 Å². The summed E-state index contributed by atoms with van der Waals surface area (Å²) in [4.78, 5) is 18.5. The van der Waals surface area contributed by atoms with Crippen LogP contribution < -0.4 is 5.32 Å². The van der Waals surface area contributed by atoms with Crippen molar-refractivity contribution in [2.75, 3.05) is 19.6 Å². The van der Waals surface area contributed by atoms with Gasteiger partial charge in [-0.15, -0.1) is 0 Å². The van der Waals surface area contributed by atoms with E-state index in [2.05, 4.69) is 48.1 Å². The molecule has 0 unspecified atom stereocenters. The molecule has 0 aromatic carbocycles. The van der Waals surface area contributed by atoms with Crippen LogP contribution in [-0.4, -0.2) is 52.7 Å². The average molecular weight is 357 g/mol. The van der Waals surface area contributed by atoms with E-state index < -0.39 is 6.10 Å². The van der Waals surface area contributed by atoms with Crippen molar-refractivity contribution in [3.8, 4) is 0 Å². The van der Waals surface area contributed by atoms with E-state index >= 15 is 0 Å². The Morgan fingerprint density at radius 2 is 2.15 bits per heavy atom. The molecule has 1 amide bonds. The highest BCUT2D eigenvalue weighted by molar-refractivity contribution is 5.92. The molecule has 0 aliphatic carbocycles. The van der Waals surface area contributed by atoms with Gasteiger partial charge < -0.3 is 10.4 Å². The summed E-state index contributed by atoms with van der Waals surface area (Å²) in [5, 5.41) is 13.3. The van der Waals surface area contributed by atoms with Crippen LogP contribution in [0.4, 0.5) is 0 Å². The predicted octanol–water partition coefficient (Wildman–Crippen LogP) is 2.94. The summed E-state index contributed by atoms with van der Waals surface area (Å²) in [7, 11) is 0. The van der Waals surface area contributed by atoms with E-state index in [4.69, 9.17) is 0 Å². The zero-order valence-electron chi connectivity index (χ0n) is 16.1. The lowest BCUT2D eigenvalue weighted by molar-refractivity contribution is 0.0420. The number of amides is 1. The molecule has 0 saturated carbocycles. The number of hydrogen-bond donors (Lipinski definition) is 2. The highest BCUT2D eigenvalue weighted by atomic mass is 16.3. The van der Waals surface area contributed by atoms with Gasteiger partial charge in [0.05, 0.1) is 12.1 Å². The number of nitrogens with zero attached hydrogens (tertiary/aromatic N) is 2. The van der Waals surface area contributed by atoms with E-state index in [1.54, 1.807) is 24.4 Å². The average Bonchev–Trinajstić information content (AvgIpc) is 2.62. The van der Waals surface area contributed by atoms with E-state index in [0.717, 1.165) is 32.4 Å². The summed E-state index contributed by atoms with van der Waals surface area (Å²) in [6.45, 7) is 8.69. The van der Waals surface area contributed by atoms with Crippen molar-refractivity contribution in [2.24, 2.45) is 0 Å². The maximum absolute atomic E-state index is 12.2. The number of nitrogens with one attached hydrogen (secondary N) is 1. The molecule has 1 saturated heterocycles. The van der Waals surface area contributed by atoms with Gasteiger partial charge in [0, 0.05) is 25.8 Å². The first kappa shape index (κ1) is 20.3. The summed E-state index contributed by atoms with van der Waals surface area (Å²) < 4.78 is 0. The number of pyridine rings is 1. The molecule has 26 heavy (non-hydrogen) atoms. The van der Waals surface area contributed by atoms with E-state index in [1.165, 1.54) is 11.1 Å². The molecular formula is C21H31N3O2. The first-order valence-corrected chi connectivity index (χ1v) is 9.37. The van der Waals surface area contributed by atoms with E-state index in [0.29, 0.717) is 12.2 Å². The summed E-state index contributed by atoms with van der Waals surface area (Å²) in [5.41, 5.74) is 3.12. The zero-order valence-corrected chi connectivity index (χ0v) is 16.1. The smallest absolute Gasteiger partial charge is 0.270 e. The van der Waals surface area contributed by atoms with Crippen LogP contribution in [0.1, 0.15) is 50.5 Å². The van der Waals surface area contributed by atoms with Crippen molar-refractivity contribution in [1.29, 1.82) is 0 Å². The summed E-state index contributed by atoms with van der Waals surface area (Å²) >= 11 is 0.